The molecule has 0 aromatic heterocycles. The number of hydrogen-bond acceptors (Lipinski definition) is 8. The third kappa shape index (κ3) is 8.19. The monoisotopic (exact) mass is 503 g/mol. The van der Waals surface area contributed by atoms with Crippen LogP contribution in [0.2, 0.25) is 0 Å². The largest absolute Gasteiger partial charge is 0.384 e. The number of Topliss-reactive ketones (excluding diaryl/α,β-unsaturated/α-hetero) is 2. The van der Waals surface area contributed by atoms with Crippen molar-refractivity contribution in [2.24, 2.45) is 5.92 Å². The van der Waals surface area contributed by atoms with Crippen molar-refractivity contribution in [3.63, 3.8) is 0 Å². The zero-order valence-corrected chi connectivity index (χ0v) is 21.3. The lowest BCUT2D eigenvalue weighted by Gasteiger charge is -2.26. The van der Waals surface area contributed by atoms with Gasteiger partial charge in [-0.1, -0.05) is 30.3 Å². The molecule has 2 fully saturated rings. The standard InChI is InChI=1S/C26H37N3O7/c1-18(27-23(31)15-29-9-11-35-12-10-29)22(30)14-20(16-34-3)25(33)28-21(24(32)26(2)17-36-26)13-19-7-5-4-6-8-19/h4-8,18,20-21H,9-17H2,1-3H3,(H,27,31)(H,28,33)/t18?,20-,21-,26+/m0/s1. The first-order valence-corrected chi connectivity index (χ1v) is 12.4. The van der Waals surface area contributed by atoms with Crippen molar-refractivity contribution in [2.45, 2.75) is 44.4 Å². The molecule has 2 heterocycles. The molecule has 1 unspecified atom stereocenters. The second-order valence-corrected chi connectivity index (χ2v) is 9.64. The first-order chi connectivity index (χ1) is 17.2. The summed E-state index contributed by atoms with van der Waals surface area (Å²) in [6.07, 6.45) is 0.185. The van der Waals surface area contributed by atoms with Gasteiger partial charge in [0.15, 0.2) is 11.6 Å². The summed E-state index contributed by atoms with van der Waals surface area (Å²) in [6.45, 7) is 6.31. The highest BCUT2D eigenvalue weighted by Crippen LogP contribution is 2.29. The van der Waals surface area contributed by atoms with E-state index in [1.54, 1.807) is 13.8 Å². The fourth-order valence-electron chi connectivity index (χ4n) is 4.15. The van der Waals surface area contributed by atoms with Crippen molar-refractivity contribution >= 4 is 23.4 Å². The highest BCUT2D eigenvalue weighted by molar-refractivity contribution is 5.98. The number of benzene rings is 1. The minimum absolute atomic E-state index is 0.00598. The molecule has 0 aliphatic carbocycles. The topological polar surface area (TPSA) is 127 Å². The average molecular weight is 504 g/mol. The van der Waals surface area contributed by atoms with E-state index in [4.69, 9.17) is 14.2 Å². The zero-order valence-electron chi connectivity index (χ0n) is 21.3. The second-order valence-electron chi connectivity index (χ2n) is 9.64. The van der Waals surface area contributed by atoms with Gasteiger partial charge in [-0.3, -0.25) is 24.1 Å². The first-order valence-electron chi connectivity index (χ1n) is 12.4. The van der Waals surface area contributed by atoms with Crippen molar-refractivity contribution in [3.05, 3.63) is 35.9 Å². The van der Waals surface area contributed by atoms with Crippen molar-refractivity contribution in [1.82, 2.24) is 15.5 Å². The molecule has 0 bridgehead atoms. The van der Waals surface area contributed by atoms with Crippen LogP contribution in [0.15, 0.2) is 30.3 Å². The number of hydrogen-bond donors (Lipinski definition) is 2. The van der Waals surface area contributed by atoms with Gasteiger partial charge < -0.3 is 24.8 Å². The van der Waals surface area contributed by atoms with E-state index in [0.29, 0.717) is 39.3 Å². The van der Waals surface area contributed by atoms with Crippen LogP contribution in [0.1, 0.15) is 25.8 Å². The molecule has 2 amide bonds. The maximum atomic E-state index is 13.2. The van der Waals surface area contributed by atoms with Crippen LogP contribution in [0.5, 0.6) is 0 Å². The molecular formula is C26H37N3O7. The molecule has 1 aromatic carbocycles. The van der Waals surface area contributed by atoms with E-state index in [2.05, 4.69) is 10.6 Å². The number of ether oxygens (including phenoxy) is 3. The van der Waals surface area contributed by atoms with Gasteiger partial charge in [0.2, 0.25) is 11.8 Å². The number of rotatable bonds is 14. The molecule has 0 saturated carbocycles. The summed E-state index contributed by atoms with van der Waals surface area (Å²) in [4.78, 5) is 53.5. The van der Waals surface area contributed by atoms with Gasteiger partial charge in [0.25, 0.3) is 0 Å². The van der Waals surface area contributed by atoms with Crippen LogP contribution in [-0.2, 0) is 39.8 Å². The Morgan fingerprint density at radius 1 is 1.11 bits per heavy atom. The fraction of sp³-hybridized carbons (Fsp3) is 0.615. The summed E-state index contributed by atoms with van der Waals surface area (Å²) >= 11 is 0. The Labute approximate surface area is 212 Å². The van der Waals surface area contributed by atoms with E-state index < -0.39 is 29.5 Å². The minimum Gasteiger partial charge on any atom is -0.384 e. The Balaban J connectivity index is 1.58. The quantitative estimate of drug-likeness (QED) is 0.343. The number of epoxide rings is 1. The Morgan fingerprint density at radius 3 is 2.39 bits per heavy atom. The summed E-state index contributed by atoms with van der Waals surface area (Å²) in [6, 6.07) is 7.84. The molecule has 10 heteroatoms. The predicted octanol–water partition coefficient (Wildman–Crippen LogP) is 0.131. The normalized spacial score (nSPS) is 22.2. The van der Waals surface area contributed by atoms with Gasteiger partial charge in [0.1, 0.15) is 5.60 Å². The Kier molecular flexibility index (Phi) is 10.1. The molecule has 36 heavy (non-hydrogen) atoms. The zero-order chi connectivity index (χ0) is 26.1. The smallest absolute Gasteiger partial charge is 0.234 e. The first kappa shape index (κ1) is 27.9. The van der Waals surface area contributed by atoms with Gasteiger partial charge in [-0.25, -0.2) is 0 Å². The van der Waals surface area contributed by atoms with E-state index >= 15 is 0 Å². The van der Waals surface area contributed by atoms with Gasteiger partial charge in [-0.15, -0.1) is 0 Å². The van der Waals surface area contributed by atoms with E-state index in [9.17, 15) is 19.2 Å². The molecule has 4 atom stereocenters. The third-order valence-electron chi connectivity index (χ3n) is 6.53. The molecule has 10 nitrogen and oxygen atoms in total. The van der Waals surface area contributed by atoms with Crippen LogP contribution in [0.3, 0.4) is 0 Å². The Bertz CT molecular complexity index is 913. The van der Waals surface area contributed by atoms with Gasteiger partial charge in [-0.2, -0.15) is 0 Å². The molecule has 2 aliphatic heterocycles. The summed E-state index contributed by atoms with van der Waals surface area (Å²) in [5.74, 6) is -2.00. The maximum Gasteiger partial charge on any atom is 0.234 e. The lowest BCUT2D eigenvalue weighted by atomic mass is 9.93. The molecular weight excluding hydrogens is 466 g/mol. The molecule has 0 radical (unpaired) electrons. The van der Waals surface area contributed by atoms with Gasteiger partial charge in [0.05, 0.1) is 51.0 Å². The van der Waals surface area contributed by atoms with Crippen LogP contribution < -0.4 is 10.6 Å². The van der Waals surface area contributed by atoms with Gasteiger partial charge in [0, 0.05) is 26.6 Å². The van der Waals surface area contributed by atoms with E-state index in [0.717, 1.165) is 5.56 Å². The molecule has 1 aromatic rings. The van der Waals surface area contributed by atoms with Crippen molar-refractivity contribution < 1.29 is 33.4 Å². The maximum absolute atomic E-state index is 13.2. The molecule has 198 valence electrons. The van der Waals surface area contributed by atoms with Gasteiger partial charge >= 0.3 is 0 Å². The SMILES string of the molecule is COC[C@H](CC(=O)C(C)NC(=O)CN1CCOCC1)C(=O)N[C@@H](Cc1ccccc1)C(=O)[C@@]1(C)CO1. The molecule has 2 N–H and O–H groups in total. The van der Waals surface area contributed by atoms with Crippen molar-refractivity contribution in [1.29, 1.82) is 0 Å². The number of amides is 2. The van der Waals surface area contributed by atoms with E-state index in [1.165, 1.54) is 7.11 Å². The lowest BCUT2D eigenvalue weighted by molar-refractivity contribution is -0.135. The lowest BCUT2D eigenvalue weighted by Crippen LogP contribution is -2.51. The number of morpholine rings is 1. The Morgan fingerprint density at radius 2 is 1.78 bits per heavy atom. The van der Waals surface area contributed by atoms with Crippen LogP contribution in [0.4, 0.5) is 0 Å². The van der Waals surface area contributed by atoms with Crippen molar-refractivity contribution in [2.75, 3.05) is 53.2 Å². The summed E-state index contributed by atoms with van der Waals surface area (Å²) in [5, 5.41) is 5.55. The number of nitrogens with zero attached hydrogens (tertiary/aromatic N) is 1. The number of carbonyl (C=O) groups is 4. The number of methoxy groups -OCH3 is 1. The number of carbonyl (C=O) groups excluding carboxylic acids is 4. The van der Waals surface area contributed by atoms with E-state index in [-0.39, 0.29) is 37.0 Å². The van der Waals surface area contributed by atoms with E-state index in [1.807, 2.05) is 35.2 Å². The summed E-state index contributed by atoms with van der Waals surface area (Å²) < 4.78 is 15.8. The fourth-order valence-corrected chi connectivity index (χ4v) is 4.15. The highest BCUT2D eigenvalue weighted by Gasteiger charge is 2.50. The summed E-state index contributed by atoms with van der Waals surface area (Å²) in [5.41, 5.74) is -0.00477. The van der Waals surface area contributed by atoms with Crippen molar-refractivity contribution in [3.8, 4) is 0 Å². The minimum atomic E-state index is -0.904. The van der Waals surface area contributed by atoms with Crippen LogP contribution in [0.25, 0.3) is 0 Å². The number of ketones is 2. The average Bonchev–Trinajstić information content (AvgIpc) is 3.62. The molecule has 3 rings (SSSR count). The molecule has 0 spiro atoms. The molecule has 2 aliphatic rings. The molecule has 2 saturated heterocycles. The third-order valence-corrected chi connectivity index (χ3v) is 6.53. The highest BCUT2D eigenvalue weighted by atomic mass is 16.6. The predicted molar refractivity (Wildman–Crippen MR) is 131 cm³/mol. The van der Waals surface area contributed by atoms with Crippen LogP contribution in [-0.4, -0.2) is 99.1 Å². The number of nitrogens with one attached hydrogen (secondary N) is 2. The second kappa shape index (κ2) is 13.0. The van der Waals surface area contributed by atoms with Gasteiger partial charge in [-0.05, 0) is 25.8 Å². The van der Waals surface area contributed by atoms with Crippen LogP contribution >= 0.6 is 0 Å². The Hall–Kier alpha value is -2.66. The van der Waals surface area contributed by atoms with Crippen LogP contribution in [0, 0.1) is 5.92 Å². The summed E-state index contributed by atoms with van der Waals surface area (Å²) in [7, 11) is 1.45.